The molecule has 4 fully saturated rings. The molecule has 0 spiro atoms. The number of Topliss-reactive ketones (excluding diaryl/α,β-unsaturated/α-hetero) is 1. The van der Waals surface area contributed by atoms with Gasteiger partial charge in [0.15, 0.2) is 17.5 Å². The molecule has 2 aliphatic carbocycles. The summed E-state index contributed by atoms with van der Waals surface area (Å²) in [5.41, 5.74) is -7.23. The van der Waals surface area contributed by atoms with E-state index >= 15 is 0 Å². The lowest BCUT2D eigenvalue weighted by atomic mass is 9.40. The Balaban J connectivity index is 0.00000380. The van der Waals surface area contributed by atoms with Crippen LogP contribution in [-0.2, 0) is 23.8 Å². The number of ether oxygens (including phenoxy) is 3. The first-order chi connectivity index (χ1) is 16.6. The number of hydrogen-bond donors (Lipinski definition) is 3. The van der Waals surface area contributed by atoms with E-state index in [-0.39, 0.29) is 18.8 Å². The third kappa shape index (κ3) is 4.20. The Labute approximate surface area is 225 Å². The fourth-order valence-corrected chi connectivity index (χ4v) is 7.82. The second-order valence-electron chi connectivity index (χ2n) is 12.5. The van der Waals surface area contributed by atoms with Crippen LogP contribution in [0.15, 0.2) is 12.7 Å². The molecular weight excluding hydrogens is 502 g/mol. The summed E-state index contributed by atoms with van der Waals surface area (Å²) in [7, 11) is 0. The van der Waals surface area contributed by atoms with Crippen LogP contribution in [-0.4, -0.2) is 99.4 Å². The molecule has 9 unspecified atom stereocenters. The van der Waals surface area contributed by atoms with Crippen molar-refractivity contribution in [3.05, 3.63) is 12.7 Å². The Morgan fingerprint density at radius 1 is 1.19 bits per heavy atom. The number of ketones is 1. The second kappa shape index (κ2) is 9.84. The summed E-state index contributed by atoms with van der Waals surface area (Å²) in [5, 5.41) is 35.8. The van der Waals surface area contributed by atoms with Crippen molar-refractivity contribution < 1.29 is 39.1 Å². The Bertz CT molecular complexity index is 924. The highest BCUT2D eigenvalue weighted by atomic mass is 35.5. The van der Waals surface area contributed by atoms with Gasteiger partial charge in [-0.2, -0.15) is 0 Å². The average molecular weight is 546 g/mol. The molecule has 2 saturated heterocycles. The van der Waals surface area contributed by atoms with Gasteiger partial charge in [-0.25, -0.2) is 0 Å². The van der Waals surface area contributed by atoms with Crippen molar-refractivity contribution in [1.82, 2.24) is 4.90 Å². The third-order valence-corrected chi connectivity index (χ3v) is 9.90. The fraction of sp³-hybridized carbons (Fsp3) is 0.852. The number of aliphatic hydroxyl groups excluding tert-OH is 2. The van der Waals surface area contributed by atoms with Crippen LogP contribution in [0.5, 0.6) is 0 Å². The number of halogens is 1. The number of carbonyl (C=O) groups is 2. The number of fused-ring (bicyclic) bond motifs is 3. The van der Waals surface area contributed by atoms with Gasteiger partial charge in [-0.05, 0) is 39.0 Å². The van der Waals surface area contributed by atoms with Gasteiger partial charge in [0.1, 0.15) is 11.6 Å². The smallest absolute Gasteiger partial charge is 0.323 e. The minimum Gasteiger partial charge on any atom is -0.455 e. The highest BCUT2D eigenvalue weighted by Gasteiger charge is 2.81. The summed E-state index contributed by atoms with van der Waals surface area (Å²) in [4.78, 5) is 29.3. The molecule has 0 bridgehead atoms. The Kier molecular flexibility index (Phi) is 8.10. The van der Waals surface area contributed by atoms with E-state index < -0.39 is 69.7 Å². The molecule has 10 heteroatoms. The van der Waals surface area contributed by atoms with E-state index in [2.05, 4.69) is 6.58 Å². The van der Waals surface area contributed by atoms with Crippen molar-refractivity contribution in [2.75, 3.05) is 26.3 Å². The van der Waals surface area contributed by atoms with Crippen molar-refractivity contribution >= 4 is 24.2 Å². The molecule has 4 rings (SSSR count). The Morgan fingerprint density at radius 3 is 2.35 bits per heavy atom. The molecule has 37 heavy (non-hydrogen) atoms. The van der Waals surface area contributed by atoms with Crippen LogP contribution in [0.25, 0.3) is 0 Å². The first-order valence-electron chi connectivity index (χ1n) is 13.1. The molecule has 2 aliphatic heterocycles. The molecule has 9 nitrogen and oxygen atoms in total. The van der Waals surface area contributed by atoms with Crippen LogP contribution in [0.1, 0.15) is 60.8 Å². The summed E-state index contributed by atoms with van der Waals surface area (Å²) in [6.45, 7) is 16.4. The number of nitrogens with zero attached hydrogens (tertiary/aromatic N) is 1. The van der Waals surface area contributed by atoms with Crippen molar-refractivity contribution in [3.8, 4) is 0 Å². The van der Waals surface area contributed by atoms with Gasteiger partial charge in [-0.3, -0.25) is 14.5 Å². The average Bonchev–Trinajstić information content (AvgIpc) is 2.82. The van der Waals surface area contributed by atoms with Crippen molar-refractivity contribution in [2.45, 2.75) is 102 Å². The zero-order chi connectivity index (χ0) is 26.9. The lowest BCUT2D eigenvalue weighted by Crippen LogP contribution is -2.86. The first-order valence-corrected chi connectivity index (χ1v) is 13.1. The summed E-state index contributed by atoms with van der Waals surface area (Å²) in [5.74, 6) is -1.84. The van der Waals surface area contributed by atoms with Crippen molar-refractivity contribution in [2.24, 2.45) is 16.7 Å². The molecule has 2 saturated carbocycles. The quantitative estimate of drug-likeness (QED) is 0.357. The molecular formula is C27H44ClNO8. The minimum atomic E-state index is -2.23. The number of carbonyl (C=O) groups excluding carboxylic acids is 2. The maximum absolute atomic E-state index is 13.9. The van der Waals surface area contributed by atoms with Gasteiger partial charge in [0, 0.05) is 30.8 Å². The predicted octanol–water partition coefficient (Wildman–Crippen LogP) is 1.64. The third-order valence-electron chi connectivity index (χ3n) is 9.90. The standard InChI is InChI=1S/C27H43NO8.ClH/c1-8-24(5)15-18(30)27(33)25(6)17(29)9-10-23(3,4)20(25)19(31)21(26(27,7)36-24)35-22(32)16(2)28-11-13-34-14-12-28;/h8,16-17,19-21,29,31,33H,1,9-15H2,2-7H3;1H. The zero-order valence-corrected chi connectivity index (χ0v) is 23.7. The van der Waals surface area contributed by atoms with Crippen LogP contribution < -0.4 is 0 Å². The van der Waals surface area contributed by atoms with Gasteiger partial charge < -0.3 is 29.5 Å². The highest BCUT2D eigenvalue weighted by Crippen LogP contribution is 2.67. The Morgan fingerprint density at radius 2 is 1.78 bits per heavy atom. The summed E-state index contributed by atoms with van der Waals surface area (Å²) in [6, 6.07) is -0.624. The fourth-order valence-electron chi connectivity index (χ4n) is 7.82. The summed E-state index contributed by atoms with van der Waals surface area (Å²) >= 11 is 0. The summed E-state index contributed by atoms with van der Waals surface area (Å²) < 4.78 is 17.9. The number of aliphatic hydroxyl groups is 3. The predicted molar refractivity (Wildman–Crippen MR) is 138 cm³/mol. The van der Waals surface area contributed by atoms with Gasteiger partial charge in [-0.15, -0.1) is 19.0 Å². The molecule has 0 aromatic heterocycles. The van der Waals surface area contributed by atoms with Gasteiger partial charge in [0.25, 0.3) is 0 Å². The molecule has 0 amide bonds. The first kappa shape index (κ1) is 30.5. The van der Waals surface area contributed by atoms with Gasteiger partial charge >= 0.3 is 5.97 Å². The lowest BCUT2D eigenvalue weighted by molar-refractivity contribution is -0.371. The number of morpholine rings is 1. The van der Waals surface area contributed by atoms with E-state index in [1.807, 2.05) is 18.7 Å². The zero-order valence-electron chi connectivity index (χ0n) is 22.9. The van der Waals surface area contributed by atoms with E-state index in [1.165, 1.54) is 13.0 Å². The van der Waals surface area contributed by atoms with Crippen LogP contribution in [0.4, 0.5) is 0 Å². The molecule has 3 N–H and O–H groups in total. The van der Waals surface area contributed by atoms with Crippen LogP contribution in [0, 0.1) is 16.7 Å². The van der Waals surface area contributed by atoms with E-state index in [1.54, 1.807) is 20.8 Å². The molecule has 212 valence electrons. The van der Waals surface area contributed by atoms with Gasteiger partial charge in [0.2, 0.25) is 0 Å². The molecule has 4 aliphatic rings. The van der Waals surface area contributed by atoms with E-state index in [4.69, 9.17) is 14.2 Å². The van der Waals surface area contributed by atoms with E-state index in [0.29, 0.717) is 39.1 Å². The summed E-state index contributed by atoms with van der Waals surface area (Å²) in [6.07, 6.45) is -1.46. The number of esters is 1. The van der Waals surface area contributed by atoms with E-state index in [9.17, 15) is 24.9 Å². The van der Waals surface area contributed by atoms with Crippen LogP contribution >= 0.6 is 12.4 Å². The molecule has 9 atom stereocenters. The van der Waals surface area contributed by atoms with Crippen LogP contribution in [0.3, 0.4) is 0 Å². The number of hydrogen-bond acceptors (Lipinski definition) is 9. The van der Waals surface area contributed by atoms with Gasteiger partial charge in [-0.1, -0.05) is 26.8 Å². The van der Waals surface area contributed by atoms with Crippen molar-refractivity contribution in [1.29, 1.82) is 0 Å². The van der Waals surface area contributed by atoms with Crippen molar-refractivity contribution in [3.63, 3.8) is 0 Å². The molecule has 2 heterocycles. The molecule has 0 aromatic rings. The maximum Gasteiger partial charge on any atom is 0.323 e. The van der Waals surface area contributed by atoms with E-state index in [0.717, 1.165) is 0 Å². The molecule has 0 radical (unpaired) electrons. The van der Waals surface area contributed by atoms with Crippen LogP contribution in [0.2, 0.25) is 0 Å². The SMILES string of the molecule is C=CC1(C)CC(=O)C2(O)C(C)(O1)C(OC(=O)C(C)N1CCOCC1)C(O)C1C(C)(C)CCC(O)C12C.Cl. The Hall–Kier alpha value is -1.07. The topological polar surface area (TPSA) is 126 Å². The molecule has 0 aromatic carbocycles. The van der Waals surface area contributed by atoms with Gasteiger partial charge in [0.05, 0.1) is 31.0 Å². The number of rotatable bonds is 4. The maximum atomic E-state index is 13.9. The monoisotopic (exact) mass is 545 g/mol. The second-order valence-corrected chi connectivity index (χ2v) is 12.5. The normalized spacial score (nSPS) is 46.6. The highest BCUT2D eigenvalue weighted by molar-refractivity contribution is 5.92. The largest absolute Gasteiger partial charge is 0.455 e. The minimum absolute atomic E-state index is 0. The lowest BCUT2D eigenvalue weighted by Gasteiger charge is -2.71.